The molecule has 1 aromatic heterocycles. The molecule has 1 aromatic rings. The molecule has 0 aliphatic carbocycles. The lowest BCUT2D eigenvalue weighted by molar-refractivity contribution is 0.0857. The van der Waals surface area contributed by atoms with Crippen LogP contribution < -0.4 is 5.32 Å². The molecule has 0 bridgehead atoms. The number of carbonyl (C=O) groups is 1. The molecule has 0 saturated carbocycles. The van der Waals surface area contributed by atoms with Gasteiger partial charge in [0.2, 0.25) is 0 Å². The highest BCUT2D eigenvalue weighted by Crippen LogP contribution is 2.11. The highest BCUT2D eigenvalue weighted by atomic mass is 16.5. The van der Waals surface area contributed by atoms with E-state index in [-0.39, 0.29) is 12.0 Å². The van der Waals surface area contributed by atoms with Crippen molar-refractivity contribution in [3.8, 4) is 0 Å². The number of aromatic nitrogens is 2. The monoisotopic (exact) mass is 209 g/mol. The van der Waals surface area contributed by atoms with Gasteiger partial charge < -0.3 is 10.1 Å². The first-order chi connectivity index (χ1) is 7.27. The fraction of sp³-hybridized carbons (Fsp3) is 0.600. The summed E-state index contributed by atoms with van der Waals surface area (Å²) >= 11 is 0. The third kappa shape index (κ3) is 2.36. The number of amides is 1. The van der Waals surface area contributed by atoms with Gasteiger partial charge in [-0.2, -0.15) is 5.10 Å². The number of rotatable bonds is 3. The Labute approximate surface area is 88.2 Å². The fourth-order valence-corrected chi connectivity index (χ4v) is 1.69. The minimum absolute atomic E-state index is 0.0863. The Morgan fingerprint density at radius 2 is 2.67 bits per heavy atom. The lowest BCUT2D eigenvalue weighted by Gasteiger charge is -2.10. The number of hydrogen-bond donors (Lipinski definition) is 2. The first-order valence-corrected chi connectivity index (χ1v) is 5.17. The SMILES string of the molecule is Cc1[nH]ncc1C(=O)NCC1CCCO1. The normalized spacial score (nSPS) is 20.5. The summed E-state index contributed by atoms with van der Waals surface area (Å²) in [5.41, 5.74) is 1.40. The van der Waals surface area contributed by atoms with Crippen molar-refractivity contribution in [2.75, 3.05) is 13.2 Å². The largest absolute Gasteiger partial charge is 0.376 e. The molecule has 1 unspecified atom stereocenters. The van der Waals surface area contributed by atoms with Crippen molar-refractivity contribution in [3.63, 3.8) is 0 Å². The Morgan fingerprint density at radius 3 is 3.27 bits per heavy atom. The number of H-pyrrole nitrogens is 1. The van der Waals surface area contributed by atoms with Crippen LogP contribution in [0.1, 0.15) is 28.9 Å². The van der Waals surface area contributed by atoms with E-state index in [4.69, 9.17) is 4.74 Å². The Morgan fingerprint density at radius 1 is 1.80 bits per heavy atom. The van der Waals surface area contributed by atoms with Crippen LogP contribution in [0.25, 0.3) is 0 Å². The second-order valence-corrected chi connectivity index (χ2v) is 3.75. The minimum atomic E-state index is -0.0863. The third-order valence-corrected chi connectivity index (χ3v) is 2.59. The summed E-state index contributed by atoms with van der Waals surface area (Å²) in [7, 11) is 0. The number of nitrogens with zero attached hydrogens (tertiary/aromatic N) is 1. The summed E-state index contributed by atoms with van der Waals surface area (Å²) in [6.07, 6.45) is 3.84. The first-order valence-electron chi connectivity index (χ1n) is 5.17. The van der Waals surface area contributed by atoms with Gasteiger partial charge in [0.1, 0.15) is 0 Å². The standard InChI is InChI=1S/C10H15N3O2/c1-7-9(6-12-13-7)10(14)11-5-8-3-2-4-15-8/h6,8H,2-5H2,1H3,(H,11,14)(H,12,13). The van der Waals surface area contributed by atoms with Crippen LogP contribution in [0.15, 0.2) is 6.20 Å². The predicted molar refractivity (Wildman–Crippen MR) is 54.6 cm³/mol. The molecule has 15 heavy (non-hydrogen) atoms. The molecule has 1 aliphatic rings. The van der Waals surface area contributed by atoms with Gasteiger partial charge in [-0.15, -0.1) is 0 Å². The topological polar surface area (TPSA) is 67.0 Å². The molecule has 2 heterocycles. The van der Waals surface area contributed by atoms with Gasteiger partial charge in [0.05, 0.1) is 17.9 Å². The van der Waals surface area contributed by atoms with Crippen molar-refractivity contribution in [2.24, 2.45) is 0 Å². The summed E-state index contributed by atoms with van der Waals surface area (Å²) < 4.78 is 5.41. The van der Waals surface area contributed by atoms with E-state index >= 15 is 0 Å². The van der Waals surface area contributed by atoms with E-state index in [0.717, 1.165) is 25.1 Å². The maximum absolute atomic E-state index is 11.7. The lowest BCUT2D eigenvalue weighted by atomic mass is 10.2. The maximum atomic E-state index is 11.7. The van der Waals surface area contributed by atoms with Crippen molar-refractivity contribution < 1.29 is 9.53 Å². The second-order valence-electron chi connectivity index (χ2n) is 3.75. The van der Waals surface area contributed by atoms with Crippen LogP contribution in [0.5, 0.6) is 0 Å². The number of ether oxygens (including phenoxy) is 1. The van der Waals surface area contributed by atoms with Gasteiger partial charge in [0.25, 0.3) is 5.91 Å². The van der Waals surface area contributed by atoms with E-state index in [0.29, 0.717) is 12.1 Å². The van der Waals surface area contributed by atoms with Gasteiger partial charge in [-0.1, -0.05) is 0 Å². The zero-order chi connectivity index (χ0) is 10.7. The van der Waals surface area contributed by atoms with Gasteiger partial charge in [-0.25, -0.2) is 0 Å². The predicted octanol–water partition coefficient (Wildman–Crippen LogP) is 0.627. The van der Waals surface area contributed by atoms with Crippen LogP contribution in [0.4, 0.5) is 0 Å². The zero-order valence-corrected chi connectivity index (χ0v) is 8.75. The molecular formula is C10H15N3O2. The van der Waals surface area contributed by atoms with Gasteiger partial charge in [-0.05, 0) is 19.8 Å². The maximum Gasteiger partial charge on any atom is 0.254 e. The van der Waals surface area contributed by atoms with E-state index < -0.39 is 0 Å². The third-order valence-electron chi connectivity index (χ3n) is 2.59. The molecule has 2 N–H and O–H groups in total. The fourth-order valence-electron chi connectivity index (χ4n) is 1.69. The van der Waals surface area contributed by atoms with Crippen molar-refractivity contribution in [2.45, 2.75) is 25.9 Å². The molecular weight excluding hydrogens is 194 g/mol. The number of carbonyl (C=O) groups excluding carboxylic acids is 1. The van der Waals surface area contributed by atoms with Gasteiger partial charge in [0.15, 0.2) is 0 Å². The van der Waals surface area contributed by atoms with Crippen molar-refractivity contribution >= 4 is 5.91 Å². The van der Waals surface area contributed by atoms with Crippen LogP contribution in [-0.4, -0.2) is 35.4 Å². The minimum Gasteiger partial charge on any atom is -0.376 e. The van der Waals surface area contributed by atoms with Crippen molar-refractivity contribution in [1.82, 2.24) is 15.5 Å². The van der Waals surface area contributed by atoms with E-state index in [1.54, 1.807) is 6.20 Å². The molecule has 0 radical (unpaired) electrons. The molecule has 5 heteroatoms. The Bertz CT molecular complexity index is 342. The molecule has 0 spiro atoms. The van der Waals surface area contributed by atoms with Crippen LogP contribution in [0, 0.1) is 6.92 Å². The van der Waals surface area contributed by atoms with Crippen LogP contribution in [0.3, 0.4) is 0 Å². The molecule has 1 atom stereocenters. The van der Waals surface area contributed by atoms with Gasteiger partial charge >= 0.3 is 0 Å². The van der Waals surface area contributed by atoms with Crippen LogP contribution >= 0.6 is 0 Å². The molecule has 1 saturated heterocycles. The Balaban J connectivity index is 1.84. The first kappa shape index (κ1) is 10.2. The highest BCUT2D eigenvalue weighted by molar-refractivity contribution is 5.94. The van der Waals surface area contributed by atoms with Gasteiger partial charge in [0, 0.05) is 18.8 Å². The Hall–Kier alpha value is -1.36. The molecule has 1 amide bonds. The van der Waals surface area contributed by atoms with E-state index in [1.807, 2.05) is 6.92 Å². The van der Waals surface area contributed by atoms with Crippen LogP contribution in [-0.2, 0) is 4.74 Å². The summed E-state index contributed by atoms with van der Waals surface area (Å²) in [4.78, 5) is 11.7. The number of aryl methyl sites for hydroxylation is 1. The summed E-state index contributed by atoms with van der Waals surface area (Å²) in [5.74, 6) is -0.0863. The average molecular weight is 209 g/mol. The molecule has 1 fully saturated rings. The molecule has 1 aliphatic heterocycles. The quantitative estimate of drug-likeness (QED) is 0.767. The smallest absolute Gasteiger partial charge is 0.254 e. The highest BCUT2D eigenvalue weighted by Gasteiger charge is 2.17. The number of aromatic amines is 1. The zero-order valence-electron chi connectivity index (χ0n) is 8.75. The van der Waals surface area contributed by atoms with Crippen LogP contribution in [0.2, 0.25) is 0 Å². The lowest BCUT2D eigenvalue weighted by Crippen LogP contribution is -2.31. The molecule has 82 valence electrons. The second kappa shape index (κ2) is 4.44. The molecule has 2 rings (SSSR count). The Kier molecular flexibility index (Phi) is 3.01. The summed E-state index contributed by atoms with van der Waals surface area (Å²) in [6.45, 7) is 3.22. The van der Waals surface area contributed by atoms with Crippen molar-refractivity contribution in [1.29, 1.82) is 0 Å². The van der Waals surface area contributed by atoms with E-state index in [1.165, 1.54) is 0 Å². The summed E-state index contributed by atoms with van der Waals surface area (Å²) in [5, 5.41) is 9.38. The summed E-state index contributed by atoms with van der Waals surface area (Å²) in [6, 6.07) is 0. The van der Waals surface area contributed by atoms with E-state index in [2.05, 4.69) is 15.5 Å². The molecule has 0 aromatic carbocycles. The van der Waals surface area contributed by atoms with E-state index in [9.17, 15) is 4.79 Å². The van der Waals surface area contributed by atoms with Crippen molar-refractivity contribution in [3.05, 3.63) is 17.5 Å². The average Bonchev–Trinajstić information content (AvgIpc) is 2.84. The van der Waals surface area contributed by atoms with Gasteiger partial charge in [-0.3, -0.25) is 9.89 Å². The number of nitrogens with one attached hydrogen (secondary N) is 2. The molecule has 5 nitrogen and oxygen atoms in total. The number of hydrogen-bond acceptors (Lipinski definition) is 3.